The third kappa shape index (κ3) is 5.48. The highest BCUT2D eigenvalue weighted by Crippen LogP contribution is 1.99. The summed E-state index contributed by atoms with van der Waals surface area (Å²) in [5, 5.41) is 0. The smallest absolute Gasteiger partial charge is 0.319 e. The molecule has 17 heavy (non-hydrogen) atoms. The van der Waals surface area contributed by atoms with Crippen molar-refractivity contribution < 1.29 is 9.53 Å². The van der Waals surface area contributed by atoms with E-state index in [1.165, 1.54) is 7.11 Å². The normalized spacial score (nSPS) is 18.6. The van der Waals surface area contributed by atoms with Crippen LogP contribution in [0.4, 0.5) is 0 Å². The fraction of sp³-hybridized carbons (Fsp3) is 0.917. The molecule has 5 heteroatoms. The summed E-state index contributed by atoms with van der Waals surface area (Å²) >= 11 is 0. The molecule has 0 aromatic carbocycles. The van der Waals surface area contributed by atoms with E-state index in [4.69, 9.17) is 0 Å². The summed E-state index contributed by atoms with van der Waals surface area (Å²) in [6.07, 6.45) is 0. The number of nitrogens with zero attached hydrogens (tertiary/aromatic N) is 3. The van der Waals surface area contributed by atoms with Crippen LogP contribution < -0.4 is 0 Å². The molecule has 0 aromatic heterocycles. The Morgan fingerprint density at radius 2 is 1.94 bits per heavy atom. The number of likely N-dealkylation sites (N-methyl/N-ethyl adjacent to an activating group) is 2. The number of carbonyl (C=O) groups excluding carboxylic acids is 1. The molecule has 0 aromatic rings. The van der Waals surface area contributed by atoms with Crippen molar-refractivity contribution >= 4 is 5.97 Å². The molecule has 0 bridgehead atoms. The van der Waals surface area contributed by atoms with Gasteiger partial charge in [-0.2, -0.15) is 0 Å². The first kappa shape index (κ1) is 14.4. The minimum absolute atomic E-state index is 0.148. The summed E-state index contributed by atoms with van der Waals surface area (Å²) in [5.41, 5.74) is 0. The molecule has 1 fully saturated rings. The molecule has 0 N–H and O–H groups in total. The van der Waals surface area contributed by atoms with E-state index in [-0.39, 0.29) is 5.97 Å². The highest BCUT2D eigenvalue weighted by molar-refractivity contribution is 5.71. The quantitative estimate of drug-likeness (QED) is 0.600. The molecule has 0 unspecified atom stereocenters. The van der Waals surface area contributed by atoms with Crippen LogP contribution in [0.3, 0.4) is 0 Å². The summed E-state index contributed by atoms with van der Waals surface area (Å²) in [6.45, 7) is 9.90. The highest BCUT2D eigenvalue weighted by atomic mass is 16.5. The molecular weight excluding hydrogens is 218 g/mol. The van der Waals surface area contributed by atoms with Gasteiger partial charge in [-0.25, -0.2) is 0 Å². The second-order valence-corrected chi connectivity index (χ2v) is 4.59. The summed E-state index contributed by atoms with van der Waals surface area (Å²) < 4.78 is 4.69. The fourth-order valence-corrected chi connectivity index (χ4v) is 1.95. The van der Waals surface area contributed by atoms with Gasteiger partial charge in [0.05, 0.1) is 13.7 Å². The van der Waals surface area contributed by atoms with E-state index in [0.29, 0.717) is 6.54 Å². The molecule has 1 aliphatic rings. The highest BCUT2D eigenvalue weighted by Gasteiger charge is 2.15. The van der Waals surface area contributed by atoms with Gasteiger partial charge < -0.3 is 9.64 Å². The standard InChI is InChI=1S/C12H25N3O2/c1-4-14(11-12(16)17-3)9-10-15-7-5-13(2)6-8-15/h4-11H2,1-3H3. The molecule has 0 amide bonds. The van der Waals surface area contributed by atoms with Gasteiger partial charge in [0.2, 0.25) is 0 Å². The van der Waals surface area contributed by atoms with Gasteiger partial charge in [0.15, 0.2) is 0 Å². The topological polar surface area (TPSA) is 36.0 Å². The van der Waals surface area contributed by atoms with E-state index < -0.39 is 0 Å². The Labute approximate surface area is 104 Å². The van der Waals surface area contributed by atoms with Gasteiger partial charge in [-0.05, 0) is 13.6 Å². The van der Waals surface area contributed by atoms with Gasteiger partial charge in [0.25, 0.3) is 0 Å². The van der Waals surface area contributed by atoms with Gasteiger partial charge in [0, 0.05) is 39.3 Å². The van der Waals surface area contributed by atoms with Gasteiger partial charge in [0.1, 0.15) is 0 Å². The molecule has 1 aliphatic heterocycles. The van der Waals surface area contributed by atoms with Gasteiger partial charge in [-0.3, -0.25) is 14.6 Å². The Hall–Kier alpha value is -0.650. The Morgan fingerprint density at radius 3 is 2.47 bits per heavy atom. The Morgan fingerprint density at radius 1 is 1.29 bits per heavy atom. The predicted molar refractivity (Wildman–Crippen MR) is 68.1 cm³/mol. The average Bonchev–Trinajstić information content (AvgIpc) is 2.36. The Balaban J connectivity index is 2.20. The molecule has 1 heterocycles. The van der Waals surface area contributed by atoms with Gasteiger partial charge in [-0.1, -0.05) is 6.92 Å². The van der Waals surface area contributed by atoms with Crippen LogP contribution in [-0.4, -0.2) is 87.2 Å². The SMILES string of the molecule is CCN(CCN1CCN(C)CC1)CC(=O)OC. The minimum atomic E-state index is -0.148. The van der Waals surface area contributed by atoms with Crippen molar-refractivity contribution in [3.05, 3.63) is 0 Å². The second-order valence-electron chi connectivity index (χ2n) is 4.59. The first-order chi connectivity index (χ1) is 8.15. The summed E-state index contributed by atoms with van der Waals surface area (Å²) in [5.74, 6) is -0.148. The lowest BCUT2D eigenvalue weighted by Gasteiger charge is -2.33. The fourth-order valence-electron chi connectivity index (χ4n) is 1.95. The summed E-state index contributed by atoms with van der Waals surface area (Å²) in [6, 6.07) is 0. The van der Waals surface area contributed by atoms with E-state index in [0.717, 1.165) is 45.8 Å². The zero-order chi connectivity index (χ0) is 12.7. The lowest BCUT2D eigenvalue weighted by atomic mass is 10.3. The van der Waals surface area contributed by atoms with Crippen molar-refractivity contribution in [2.75, 3.05) is 66.5 Å². The molecule has 0 spiro atoms. The van der Waals surface area contributed by atoms with Crippen LogP contribution in [0.5, 0.6) is 0 Å². The molecule has 0 saturated carbocycles. The van der Waals surface area contributed by atoms with Crippen LogP contribution in [0.25, 0.3) is 0 Å². The van der Waals surface area contributed by atoms with Crippen molar-refractivity contribution in [3.8, 4) is 0 Å². The maximum absolute atomic E-state index is 11.2. The van der Waals surface area contributed by atoms with E-state index in [9.17, 15) is 4.79 Å². The Kier molecular flexibility index (Phi) is 6.47. The molecule has 1 rings (SSSR count). The molecule has 5 nitrogen and oxygen atoms in total. The number of hydrogen-bond acceptors (Lipinski definition) is 5. The maximum Gasteiger partial charge on any atom is 0.319 e. The first-order valence-electron chi connectivity index (χ1n) is 6.35. The van der Waals surface area contributed by atoms with Crippen molar-refractivity contribution in [2.45, 2.75) is 6.92 Å². The van der Waals surface area contributed by atoms with Crippen molar-refractivity contribution in [2.24, 2.45) is 0 Å². The second kappa shape index (κ2) is 7.63. The minimum Gasteiger partial charge on any atom is -0.468 e. The number of esters is 1. The molecule has 0 atom stereocenters. The van der Waals surface area contributed by atoms with Gasteiger partial charge >= 0.3 is 5.97 Å². The van der Waals surface area contributed by atoms with E-state index in [1.807, 2.05) is 0 Å². The zero-order valence-electron chi connectivity index (χ0n) is 11.3. The van der Waals surface area contributed by atoms with Crippen LogP contribution in [0, 0.1) is 0 Å². The van der Waals surface area contributed by atoms with E-state index >= 15 is 0 Å². The number of ether oxygens (including phenoxy) is 1. The first-order valence-corrected chi connectivity index (χ1v) is 6.35. The third-order valence-electron chi connectivity index (χ3n) is 3.36. The average molecular weight is 243 g/mol. The van der Waals surface area contributed by atoms with Crippen LogP contribution in [0.1, 0.15) is 6.92 Å². The number of hydrogen-bond donors (Lipinski definition) is 0. The lowest BCUT2D eigenvalue weighted by molar-refractivity contribution is -0.141. The predicted octanol–water partition coefficient (Wildman–Crippen LogP) is -0.271. The number of rotatable bonds is 6. The largest absolute Gasteiger partial charge is 0.468 e. The van der Waals surface area contributed by atoms with Crippen LogP contribution >= 0.6 is 0 Å². The summed E-state index contributed by atoms with van der Waals surface area (Å²) in [4.78, 5) is 18.1. The molecule has 100 valence electrons. The van der Waals surface area contributed by atoms with Crippen LogP contribution in [0.15, 0.2) is 0 Å². The Bertz CT molecular complexity index is 228. The monoisotopic (exact) mass is 243 g/mol. The number of carbonyl (C=O) groups is 1. The van der Waals surface area contributed by atoms with E-state index in [2.05, 4.69) is 33.4 Å². The third-order valence-corrected chi connectivity index (χ3v) is 3.36. The van der Waals surface area contributed by atoms with Gasteiger partial charge in [-0.15, -0.1) is 0 Å². The zero-order valence-corrected chi connectivity index (χ0v) is 11.3. The molecular formula is C12H25N3O2. The maximum atomic E-state index is 11.2. The van der Waals surface area contributed by atoms with E-state index in [1.54, 1.807) is 0 Å². The van der Waals surface area contributed by atoms with Crippen molar-refractivity contribution in [1.29, 1.82) is 0 Å². The van der Waals surface area contributed by atoms with Crippen LogP contribution in [0.2, 0.25) is 0 Å². The van der Waals surface area contributed by atoms with Crippen LogP contribution in [-0.2, 0) is 9.53 Å². The number of piperazine rings is 1. The van der Waals surface area contributed by atoms with Crippen molar-refractivity contribution in [1.82, 2.24) is 14.7 Å². The van der Waals surface area contributed by atoms with Crippen molar-refractivity contribution in [3.63, 3.8) is 0 Å². The molecule has 1 saturated heterocycles. The summed E-state index contributed by atoms with van der Waals surface area (Å²) in [7, 11) is 3.60. The number of methoxy groups -OCH3 is 1. The molecule has 0 radical (unpaired) electrons. The lowest BCUT2D eigenvalue weighted by Crippen LogP contribution is -2.47. The molecule has 0 aliphatic carbocycles.